The van der Waals surface area contributed by atoms with Crippen molar-refractivity contribution in [1.29, 1.82) is 5.26 Å². The van der Waals surface area contributed by atoms with Crippen LogP contribution in [0.4, 0.5) is 13.2 Å². The molecule has 132 valence electrons. The van der Waals surface area contributed by atoms with Gasteiger partial charge >= 0.3 is 15.6 Å². The molecule has 0 radical (unpaired) electrons. The number of hydrogen-bond acceptors (Lipinski definition) is 5. The summed E-state index contributed by atoms with van der Waals surface area (Å²) in [7, 11) is -5.83. The van der Waals surface area contributed by atoms with Crippen LogP contribution in [-0.4, -0.2) is 13.9 Å². The van der Waals surface area contributed by atoms with Gasteiger partial charge in [0.15, 0.2) is 0 Å². The van der Waals surface area contributed by atoms with Gasteiger partial charge in [-0.25, -0.2) is 0 Å². The van der Waals surface area contributed by atoms with Crippen LogP contribution in [0, 0.1) is 11.3 Å². The Balaban J connectivity index is 2.35. The Bertz CT molecular complexity index is 956. The molecule has 25 heavy (non-hydrogen) atoms. The second-order valence-corrected chi connectivity index (χ2v) is 6.85. The molecule has 2 aromatic rings. The van der Waals surface area contributed by atoms with Crippen molar-refractivity contribution in [3.63, 3.8) is 0 Å². The maximum atomic E-state index is 12.4. The van der Waals surface area contributed by atoms with Crippen LogP contribution >= 0.6 is 23.2 Å². The second kappa shape index (κ2) is 7.00. The summed E-state index contributed by atoms with van der Waals surface area (Å²) in [5, 5.41) is 9.02. The Morgan fingerprint density at radius 1 is 1.04 bits per heavy atom. The summed E-state index contributed by atoms with van der Waals surface area (Å²) >= 11 is 11.7. The van der Waals surface area contributed by atoms with Crippen molar-refractivity contribution in [2.45, 2.75) is 5.51 Å². The first kappa shape index (κ1) is 19.2. The summed E-state index contributed by atoms with van der Waals surface area (Å²) in [5.41, 5.74) is -5.41. The topological polar surface area (TPSA) is 76.4 Å². The van der Waals surface area contributed by atoms with Crippen molar-refractivity contribution in [3.05, 3.63) is 52.0 Å². The summed E-state index contributed by atoms with van der Waals surface area (Å²) in [4.78, 5) is 0. The fraction of sp³-hybridized carbons (Fsp3) is 0.0714. The van der Waals surface area contributed by atoms with Crippen LogP contribution in [0.5, 0.6) is 17.2 Å². The van der Waals surface area contributed by atoms with Gasteiger partial charge in [-0.05, 0) is 30.3 Å². The summed E-state index contributed by atoms with van der Waals surface area (Å²) in [6.07, 6.45) is 0. The van der Waals surface area contributed by atoms with Crippen molar-refractivity contribution in [2.24, 2.45) is 0 Å². The first-order valence-corrected chi connectivity index (χ1v) is 8.37. The van der Waals surface area contributed by atoms with E-state index in [9.17, 15) is 21.6 Å². The van der Waals surface area contributed by atoms with E-state index in [-0.39, 0.29) is 27.1 Å². The molecule has 0 spiro atoms. The van der Waals surface area contributed by atoms with Gasteiger partial charge in [0.2, 0.25) is 0 Å². The molecule has 0 N–H and O–H groups in total. The monoisotopic (exact) mass is 411 g/mol. The second-order valence-electron chi connectivity index (χ2n) is 4.46. The number of benzene rings is 2. The van der Waals surface area contributed by atoms with E-state index in [1.54, 1.807) is 0 Å². The molecule has 0 saturated heterocycles. The lowest BCUT2D eigenvalue weighted by molar-refractivity contribution is -0.0500. The fourth-order valence-corrected chi connectivity index (χ4v) is 2.43. The molecule has 0 atom stereocenters. The molecule has 0 heterocycles. The Labute approximate surface area is 150 Å². The maximum Gasteiger partial charge on any atom is 0.534 e. The van der Waals surface area contributed by atoms with E-state index < -0.39 is 21.4 Å². The van der Waals surface area contributed by atoms with Crippen LogP contribution in [0.1, 0.15) is 5.56 Å². The lowest BCUT2D eigenvalue weighted by Crippen LogP contribution is -2.28. The molecule has 0 saturated carbocycles. The zero-order valence-electron chi connectivity index (χ0n) is 11.8. The molecule has 2 aromatic carbocycles. The highest BCUT2D eigenvalue weighted by Gasteiger charge is 2.48. The molecule has 0 aliphatic rings. The molecule has 0 amide bonds. The van der Waals surface area contributed by atoms with Crippen molar-refractivity contribution in [2.75, 3.05) is 0 Å². The molecule has 0 aliphatic heterocycles. The Morgan fingerprint density at radius 3 is 2.32 bits per heavy atom. The van der Waals surface area contributed by atoms with Gasteiger partial charge in [-0.15, -0.1) is 0 Å². The first-order valence-electron chi connectivity index (χ1n) is 6.21. The highest BCUT2D eigenvalue weighted by Crippen LogP contribution is 2.36. The summed E-state index contributed by atoms with van der Waals surface area (Å²) < 4.78 is 68.5. The van der Waals surface area contributed by atoms with E-state index in [0.29, 0.717) is 0 Å². The molecular formula is C14H6Cl2F3NO4S. The van der Waals surface area contributed by atoms with E-state index in [1.807, 2.05) is 6.07 Å². The largest absolute Gasteiger partial charge is 0.534 e. The van der Waals surface area contributed by atoms with Gasteiger partial charge < -0.3 is 8.92 Å². The Kier molecular flexibility index (Phi) is 5.37. The quantitative estimate of drug-likeness (QED) is 0.528. The van der Waals surface area contributed by atoms with Crippen molar-refractivity contribution in [1.82, 2.24) is 0 Å². The smallest absolute Gasteiger partial charge is 0.456 e. The standard InChI is InChI=1S/C14H6Cl2F3NO4S/c15-9-3-8(7-20)4-11(5-9)23-13-6-10(1-2-12(13)16)24-25(21,22)14(17,18)19/h1-6H. The van der Waals surface area contributed by atoms with Gasteiger partial charge in [0.05, 0.1) is 16.7 Å². The number of halogens is 5. The van der Waals surface area contributed by atoms with E-state index in [1.165, 1.54) is 18.2 Å². The summed E-state index contributed by atoms with van der Waals surface area (Å²) in [6.45, 7) is 0. The number of hydrogen-bond donors (Lipinski definition) is 0. The van der Waals surface area contributed by atoms with Crippen LogP contribution in [0.15, 0.2) is 36.4 Å². The van der Waals surface area contributed by atoms with E-state index in [4.69, 9.17) is 33.2 Å². The number of alkyl halides is 3. The summed E-state index contributed by atoms with van der Waals surface area (Å²) in [6, 6.07) is 8.73. The molecule has 2 rings (SSSR count). The lowest BCUT2D eigenvalue weighted by Gasteiger charge is -2.12. The summed E-state index contributed by atoms with van der Waals surface area (Å²) in [5.74, 6) is -0.774. The van der Waals surface area contributed by atoms with Crippen molar-refractivity contribution in [3.8, 4) is 23.3 Å². The third-order valence-corrected chi connectivity index (χ3v) is 4.13. The minimum atomic E-state index is -5.83. The molecular weight excluding hydrogens is 406 g/mol. The predicted octanol–water partition coefficient (Wildman–Crippen LogP) is 4.89. The normalized spacial score (nSPS) is 11.7. The number of rotatable bonds is 4. The van der Waals surface area contributed by atoms with Crippen LogP contribution in [0.3, 0.4) is 0 Å². The zero-order valence-corrected chi connectivity index (χ0v) is 14.2. The minimum absolute atomic E-state index is 0.0322. The van der Waals surface area contributed by atoms with Crippen LogP contribution in [0.25, 0.3) is 0 Å². The maximum absolute atomic E-state index is 12.4. The van der Waals surface area contributed by atoms with Crippen LogP contribution in [-0.2, 0) is 10.1 Å². The van der Waals surface area contributed by atoms with Gasteiger partial charge in [-0.3, -0.25) is 0 Å². The third-order valence-electron chi connectivity index (χ3n) is 2.62. The van der Waals surface area contributed by atoms with E-state index >= 15 is 0 Å². The van der Waals surface area contributed by atoms with Gasteiger partial charge in [0.25, 0.3) is 0 Å². The van der Waals surface area contributed by atoms with Crippen molar-refractivity contribution < 1.29 is 30.5 Å². The minimum Gasteiger partial charge on any atom is -0.456 e. The number of nitriles is 1. The highest BCUT2D eigenvalue weighted by atomic mass is 35.5. The average Bonchev–Trinajstić information content (AvgIpc) is 2.48. The van der Waals surface area contributed by atoms with Gasteiger partial charge in [0, 0.05) is 11.1 Å². The Hall–Kier alpha value is -2.15. The molecule has 5 nitrogen and oxygen atoms in total. The van der Waals surface area contributed by atoms with E-state index in [0.717, 1.165) is 18.2 Å². The van der Waals surface area contributed by atoms with Gasteiger partial charge in [-0.2, -0.15) is 26.9 Å². The molecule has 0 fully saturated rings. The molecule has 0 unspecified atom stereocenters. The third kappa shape index (κ3) is 4.69. The van der Waals surface area contributed by atoms with E-state index in [2.05, 4.69) is 4.18 Å². The zero-order chi connectivity index (χ0) is 18.8. The SMILES string of the molecule is N#Cc1cc(Cl)cc(Oc2cc(OS(=O)(=O)C(F)(F)F)ccc2Cl)c1. The van der Waals surface area contributed by atoms with Gasteiger partial charge in [0.1, 0.15) is 17.2 Å². The lowest BCUT2D eigenvalue weighted by atomic mass is 10.2. The van der Waals surface area contributed by atoms with Crippen molar-refractivity contribution >= 4 is 33.3 Å². The number of ether oxygens (including phenoxy) is 1. The number of nitrogens with zero attached hydrogens (tertiary/aromatic N) is 1. The predicted molar refractivity (Wildman–Crippen MR) is 83.3 cm³/mol. The Morgan fingerprint density at radius 2 is 1.72 bits per heavy atom. The van der Waals surface area contributed by atoms with Crippen LogP contribution in [0.2, 0.25) is 10.0 Å². The average molecular weight is 412 g/mol. The molecule has 0 aromatic heterocycles. The van der Waals surface area contributed by atoms with Gasteiger partial charge in [-0.1, -0.05) is 23.2 Å². The first-order chi connectivity index (χ1) is 11.5. The highest BCUT2D eigenvalue weighted by molar-refractivity contribution is 7.88. The molecule has 11 heteroatoms. The van der Waals surface area contributed by atoms with Crippen LogP contribution < -0.4 is 8.92 Å². The molecule has 0 bridgehead atoms. The molecule has 0 aliphatic carbocycles. The fourth-order valence-electron chi connectivity index (χ4n) is 1.60.